The molecule has 4 heterocycles. The van der Waals surface area contributed by atoms with E-state index in [4.69, 9.17) is 19.4 Å². The van der Waals surface area contributed by atoms with E-state index in [1.165, 1.54) is 20.2 Å². The van der Waals surface area contributed by atoms with E-state index in [2.05, 4.69) is 77.4 Å². The Kier molecular flexibility index (Phi) is 6.38. The van der Waals surface area contributed by atoms with Crippen LogP contribution in [0.2, 0.25) is 0 Å². The molecular formula is C46H25N5OS. The molecule has 0 aliphatic carbocycles. The van der Waals surface area contributed by atoms with Crippen LogP contribution in [0.15, 0.2) is 156 Å². The van der Waals surface area contributed by atoms with Crippen molar-refractivity contribution in [3.63, 3.8) is 0 Å². The molecule has 7 heteroatoms. The van der Waals surface area contributed by atoms with Crippen LogP contribution >= 0.6 is 11.3 Å². The van der Waals surface area contributed by atoms with E-state index in [0.717, 1.165) is 49.4 Å². The summed E-state index contributed by atoms with van der Waals surface area (Å²) in [5.41, 5.74) is 7.01. The predicted molar refractivity (Wildman–Crippen MR) is 215 cm³/mol. The highest BCUT2D eigenvalue weighted by Crippen LogP contribution is 2.47. The van der Waals surface area contributed by atoms with E-state index >= 15 is 0 Å². The normalized spacial score (nSPS) is 11.8. The third-order valence-electron chi connectivity index (χ3n) is 10.1. The van der Waals surface area contributed by atoms with E-state index in [0.29, 0.717) is 39.8 Å². The zero-order chi connectivity index (χ0) is 35.0. The van der Waals surface area contributed by atoms with Crippen LogP contribution in [0.3, 0.4) is 0 Å². The molecule has 7 aromatic carbocycles. The number of thiophene rings is 1. The number of rotatable bonds is 4. The predicted octanol–water partition coefficient (Wildman–Crippen LogP) is 12.1. The van der Waals surface area contributed by atoms with E-state index in [9.17, 15) is 5.26 Å². The van der Waals surface area contributed by atoms with Crippen molar-refractivity contribution < 1.29 is 4.42 Å². The Bertz CT molecular complexity index is 3240. The molecule has 0 amide bonds. The number of furan rings is 1. The number of nitriles is 1. The first-order chi connectivity index (χ1) is 26.2. The third kappa shape index (κ3) is 4.40. The molecule has 246 valence electrons. The summed E-state index contributed by atoms with van der Waals surface area (Å²) in [6, 6.07) is 53.8. The fraction of sp³-hybridized carbons (Fsp3) is 0. The van der Waals surface area contributed by atoms with Gasteiger partial charge in [-0.1, -0.05) is 121 Å². The van der Waals surface area contributed by atoms with Crippen LogP contribution in [0.1, 0.15) is 5.56 Å². The van der Waals surface area contributed by atoms with Gasteiger partial charge >= 0.3 is 0 Å². The maximum Gasteiger partial charge on any atom is 0.167 e. The molecule has 0 aliphatic heterocycles. The van der Waals surface area contributed by atoms with E-state index in [1.54, 1.807) is 11.3 Å². The second kappa shape index (κ2) is 11.4. The molecule has 0 saturated carbocycles. The zero-order valence-corrected chi connectivity index (χ0v) is 28.8. The van der Waals surface area contributed by atoms with Crippen molar-refractivity contribution in [1.82, 2.24) is 19.5 Å². The molecule has 0 unspecified atom stereocenters. The van der Waals surface area contributed by atoms with Gasteiger partial charge in [-0.3, -0.25) is 0 Å². The summed E-state index contributed by atoms with van der Waals surface area (Å²) in [4.78, 5) is 15.0. The van der Waals surface area contributed by atoms with Gasteiger partial charge in [0.15, 0.2) is 17.5 Å². The first kappa shape index (κ1) is 29.6. The monoisotopic (exact) mass is 695 g/mol. The fourth-order valence-corrected chi connectivity index (χ4v) is 8.90. The Balaban J connectivity index is 1.30. The van der Waals surface area contributed by atoms with Gasteiger partial charge in [-0.25, -0.2) is 15.0 Å². The minimum Gasteiger partial charge on any atom is -0.455 e. The Hall–Kier alpha value is -7.14. The highest BCUT2D eigenvalue weighted by atomic mass is 32.1. The van der Waals surface area contributed by atoms with Gasteiger partial charge in [-0.05, 0) is 30.3 Å². The summed E-state index contributed by atoms with van der Waals surface area (Å²) in [5, 5.41) is 17.5. The summed E-state index contributed by atoms with van der Waals surface area (Å²) in [7, 11) is 0. The van der Waals surface area contributed by atoms with Gasteiger partial charge in [0.25, 0.3) is 0 Å². The Morgan fingerprint density at radius 3 is 1.91 bits per heavy atom. The molecule has 0 spiro atoms. The smallest absolute Gasteiger partial charge is 0.167 e. The van der Waals surface area contributed by atoms with Gasteiger partial charge in [0, 0.05) is 47.5 Å². The van der Waals surface area contributed by atoms with Crippen LogP contribution in [0.25, 0.3) is 104 Å². The van der Waals surface area contributed by atoms with Crippen LogP contribution < -0.4 is 0 Å². The second-order valence-electron chi connectivity index (χ2n) is 13.1. The summed E-state index contributed by atoms with van der Waals surface area (Å²) >= 11 is 1.79. The highest BCUT2D eigenvalue weighted by molar-refractivity contribution is 7.26. The maximum atomic E-state index is 11.2. The summed E-state index contributed by atoms with van der Waals surface area (Å²) in [6.45, 7) is 0. The third-order valence-corrected chi connectivity index (χ3v) is 11.2. The maximum absolute atomic E-state index is 11.2. The van der Waals surface area contributed by atoms with Gasteiger partial charge in [0.1, 0.15) is 17.2 Å². The lowest BCUT2D eigenvalue weighted by Crippen LogP contribution is -2.03. The second-order valence-corrected chi connectivity index (χ2v) is 14.1. The number of fused-ring (bicyclic) bond motifs is 10. The Labute approximate surface area is 306 Å². The minimum absolute atomic E-state index is 0.429. The lowest BCUT2D eigenvalue weighted by atomic mass is 10.0. The van der Waals surface area contributed by atoms with Crippen LogP contribution in [-0.4, -0.2) is 19.5 Å². The fourth-order valence-electron chi connectivity index (χ4n) is 7.79. The first-order valence-electron chi connectivity index (χ1n) is 17.3. The molecule has 0 aliphatic rings. The van der Waals surface area contributed by atoms with Gasteiger partial charge in [-0.2, -0.15) is 5.26 Å². The van der Waals surface area contributed by atoms with Crippen molar-refractivity contribution in [1.29, 1.82) is 5.26 Å². The molecule has 0 N–H and O–H groups in total. The summed E-state index contributed by atoms with van der Waals surface area (Å²) < 4.78 is 11.5. The molecule has 0 bridgehead atoms. The average Bonchev–Trinajstić information content (AvgIpc) is 3.90. The van der Waals surface area contributed by atoms with Gasteiger partial charge in [0.2, 0.25) is 0 Å². The lowest BCUT2D eigenvalue weighted by Gasteiger charge is -2.15. The Morgan fingerprint density at radius 2 is 1.17 bits per heavy atom. The van der Waals surface area contributed by atoms with Crippen LogP contribution in [0.4, 0.5) is 0 Å². The molecule has 11 aromatic rings. The minimum atomic E-state index is 0.429. The van der Waals surface area contributed by atoms with E-state index in [-0.39, 0.29) is 0 Å². The van der Waals surface area contributed by atoms with Crippen molar-refractivity contribution >= 4 is 75.3 Å². The van der Waals surface area contributed by atoms with E-state index in [1.807, 2.05) is 84.9 Å². The van der Waals surface area contributed by atoms with Gasteiger partial charge in [-0.15, -0.1) is 11.3 Å². The number of benzene rings is 7. The van der Waals surface area contributed by atoms with Crippen LogP contribution in [-0.2, 0) is 0 Å². The average molecular weight is 696 g/mol. The Morgan fingerprint density at radius 1 is 0.547 bits per heavy atom. The van der Waals surface area contributed by atoms with E-state index < -0.39 is 0 Å². The molecule has 0 fully saturated rings. The van der Waals surface area contributed by atoms with Crippen LogP contribution in [0.5, 0.6) is 0 Å². The van der Waals surface area contributed by atoms with Crippen LogP contribution in [0, 0.1) is 11.3 Å². The summed E-state index contributed by atoms with van der Waals surface area (Å²) in [5.74, 6) is 1.50. The van der Waals surface area contributed by atoms with Gasteiger partial charge < -0.3 is 8.98 Å². The molecular weight excluding hydrogens is 671 g/mol. The number of aromatic nitrogens is 4. The highest BCUT2D eigenvalue weighted by Gasteiger charge is 2.27. The van der Waals surface area contributed by atoms with Crippen molar-refractivity contribution in [3.05, 3.63) is 157 Å². The largest absolute Gasteiger partial charge is 0.455 e. The molecule has 0 radical (unpaired) electrons. The number of hydrogen-bond acceptors (Lipinski definition) is 6. The number of hydrogen-bond donors (Lipinski definition) is 0. The summed E-state index contributed by atoms with van der Waals surface area (Å²) in [6.07, 6.45) is 0. The topological polar surface area (TPSA) is 80.5 Å². The first-order valence-corrected chi connectivity index (χ1v) is 18.2. The molecule has 0 atom stereocenters. The standard InChI is InChI=1S/C46H25N5OS/c47-26-29-25-34(46-49-44(27-13-3-1-4-14-27)48-45(50-46)28-15-5-2-6-16-28)43-40(32-18-8-11-21-36(32)52-43)41(29)51-35-20-10-7-17-30(35)31-23-24-38-39(42(31)51)33-19-9-12-22-37(33)53-38/h1-25H. The lowest BCUT2D eigenvalue weighted by molar-refractivity contribution is 0.669. The molecule has 11 rings (SSSR count). The SMILES string of the molecule is N#Cc1cc(-c2nc(-c3ccccc3)nc(-c3ccccc3)n2)c2oc3ccccc3c2c1-n1c2ccccc2c2ccc3sc4ccccc4c3c21. The molecule has 4 aromatic heterocycles. The number of para-hydroxylation sites is 2. The molecule has 53 heavy (non-hydrogen) atoms. The van der Waals surface area contributed by atoms with Crippen molar-refractivity contribution in [3.8, 4) is 45.9 Å². The van der Waals surface area contributed by atoms with Gasteiger partial charge in [0.05, 0.1) is 33.2 Å². The van der Waals surface area contributed by atoms with Crippen molar-refractivity contribution in [2.75, 3.05) is 0 Å². The zero-order valence-electron chi connectivity index (χ0n) is 28.0. The van der Waals surface area contributed by atoms with Crippen molar-refractivity contribution in [2.24, 2.45) is 0 Å². The molecule has 6 nitrogen and oxygen atoms in total. The molecule has 0 saturated heterocycles. The van der Waals surface area contributed by atoms with Crippen molar-refractivity contribution in [2.45, 2.75) is 0 Å². The number of nitrogens with zero attached hydrogens (tertiary/aromatic N) is 5. The quantitative estimate of drug-likeness (QED) is 0.183.